The fraction of sp³-hybridized carbons (Fsp3) is 0.500. The van der Waals surface area contributed by atoms with Crippen LogP contribution in [-0.4, -0.2) is 34.5 Å². The first-order chi connectivity index (χ1) is 7.08. The van der Waals surface area contributed by atoms with E-state index in [1.165, 1.54) is 0 Å². The number of halogens is 1. The zero-order valence-corrected chi connectivity index (χ0v) is 9.37. The lowest BCUT2D eigenvalue weighted by Gasteiger charge is -2.15. The molecule has 1 aromatic heterocycles. The molecule has 1 atom stereocenters. The number of likely N-dealkylation sites (tertiary alicyclic amines) is 1. The molecule has 5 heteroatoms. The second-order valence-electron chi connectivity index (χ2n) is 3.95. The maximum absolute atomic E-state index is 12.0. The summed E-state index contributed by atoms with van der Waals surface area (Å²) in [6.45, 7) is 1.38. The average molecular weight is 228 g/mol. The van der Waals surface area contributed by atoms with Gasteiger partial charge in [0.1, 0.15) is 5.69 Å². The molecule has 0 bridgehead atoms. The lowest BCUT2D eigenvalue weighted by Crippen LogP contribution is -2.32. The van der Waals surface area contributed by atoms with Crippen molar-refractivity contribution in [3.63, 3.8) is 0 Å². The van der Waals surface area contributed by atoms with Crippen LogP contribution in [0.4, 0.5) is 0 Å². The van der Waals surface area contributed by atoms with E-state index in [9.17, 15) is 4.79 Å². The molecule has 0 radical (unpaired) electrons. The van der Waals surface area contributed by atoms with Crippen molar-refractivity contribution in [1.82, 2.24) is 9.47 Å². The SMILES string of the molecule is Cn1cc(Cl)cc1C(=O)N1CC[C@@H](N)C1. The van der Waals surface area contributed by atoms with Gasteiger partial charge in [0, 0.05) is 32.4 Å². The van der Waals surface area contributed by atoms with Crippen LogP contribution >= 0.6 is 11.6 Å². The van der Waals surface area contributed by atoms with Gasteiger partial charge in [0.05, 0.1) is 5.02 Å². The number of hydrogen-bond donors (Lipinski definition) is 1. The van der Waals surface area contributed by atoms with Crippen LogP contribution in [0.25, 0.3) is 0 Å². The number of hydrogen-bond acceptors (Lipinski definition) is 2. The number of amides is 1. The monoisotopic (exact) mass is 227 g/mol. The first-order valence-electron chi connectivity index (χ1n) is 4.94. The second-order valence-corrected chi connectivity index (χ2v) is 4.39. The molecule has 0 saturated carbocycles. The Morgan fingerprint density at radius 1 is 1.67 bits per heavy atom. The van der Waals surface area contributed by atoms with Gasteiger partial charge in [-0.3, -0.25) is 4.79 Å². The third-order valence-electron chi connectivity index (χ3n) is 2.70. The number of carbonyl (C=O) groups excluding carboxylic acids is 1. The zero-order chi connectivity index (χ0) is 11.0. The molecule has 82 valence electrons. The Kier molecular flexibility index (Phi) is 2.71. The summed E-state index contributed by atoms with van der Waals surface area (Å²) in [5.41, 5.74) is 6.38. The topological polar surface area (TPSA) is 51.3 Å². The van der Waals surface area contributed by atoms with Gasteiger partial charge >= 0.3 is 0 Å². The lowest BCUT2D eigenvalue weighted by atomic mass is 10.3. The highest BCUT2D eigenvalue weighted by Crippen LogP contribution is 2.17. The van der Waals surface area contributed by atoms with Crippen LogP contribution in [0.2, 0.25) is 5.02 Å². The number of carbonyl (C=O) groups is 1. The lowest BCUT2D eigenvalue weighted by molar-refractivity contribution is 0.0781. The molecule has 0 spiro atoms. The van der Waals surface area contributed by atoms with Crippen LogP contribution in [0.3, 0.4) is 0 Å². The van der Waals surface area contributed by atoms with E-state index in [1.807, 2.05) is 7.05 Å². The average Bonchev–Trinajstić information content (AvgIpc) is 2.71. The molecule has 1 fully saturated rings. The summed E-state index contributed by atoms with van der Waals surface area (Å²) in [5.74, 6) is 0.0114. The summed E-state index contributed by atoms with van der Waals surface area (Å²) in [6, 6.07) is 1.80. The Bertz CT molecular complexity index is 388. The van der Waals surface area contributed by atoms with Gasteiger partial charge in [0.15, 0.2) is 0 Å². The minimum absolute atomic E-state index is 0.0114. The number of rotatable bonds is 1. The van der Waals surface area contributed by atoms with Crippen molar-refractivity contribution in [2.24, 2.45) is 12.8 Å². The van der Waals surface area contributed by atoms with E-state index in [2.05, 4.69) is 0 Å². The molecule has 1 amide bonds. The Hall–Kier alpha value is -1.00. The summed E-state index contributed by atoms with van der Waals surface area (Å²) < 4.78 is 1.74. The van der Waals surface area contributed by atoms with Crippen LogP contribution < -0.4 is 5.73 Å². The molecule has 0 aromatic carbocycles. The van der Waals surface area contributed by atoms with Crippen LogP contribution in [0.15, 0.2) is 12.3 Å². The molecule has 1 aliphatic rings. The van der Waals surface area contributed by atoms with Crippen LogP contribution in [0.1, 0.15) is 16.9 Å². The predicted octanol–water partition coefficient (Wildman–Crippen LogP) is 0.852. The van der Waals surface area contributed by atoms with E-state index in [1.54, 1.807) is 21.7 Å². The normalized spacial score (nSPS) is 21.0. The van der Waals surface area contributed by atoms with Crippen LogP contribution in [-0.2, 0) is 7.05 Å². The largest absolute Gasteiger partial charge is 0.345 e. The quantitative estimate of drug-likeness (QED) is 0.774. The van der Waals surface area contributed by atoms with Crippen LogP contribution in [0, 0.1) is 0 Å². The van der Waals surface area contributed by atoms with Gasteiger partial charge in [-0.05, 0) is 12.5 Å². The fourth-order valence-corrected chi connectivity index (χ4v) is 2.12. The second kappa shape index (κ2) is 3.87. The summed E-state index contributed by atoms with van der Waals surface area (Å²) in [6.07, 6.45) is 2.61. The van der Waals surface area contributed by atoms with Crippen molar-refractivity contribution < 1.29 is 4.79 Å². The van der Waals surface area contributed by atoms with Gasteiger partial charge in [-0.15, -0.1) is 0 Å². The Morgan fingerprint density at radius 3 is 2.87 bits per heavy atom. The van der Waals surface area contributed by atoms with Gasteiger partial charge in [-0.1, -0.05) is 11.6 Å². The van der Waals surface area contributed by atoms with Gasteiger partial charge in [-0.2, -0.15) is 0 Å². The maximum atomic E-state index is 12.0. The van der Waals surface area contributed by atoms with E-state index in [0.717, 1.165) is 13.0 Å². The van der Waals surface area contributed by atoms with Gasteiger partial charge < -0.3 is 15.2 Å². The van der Waals surface area contributed by atoms with E-state index in [0.29, 0.717) is 17.3 Å². The number of nitrogens with two attached hydrogens (primary N) is 1. The summed E-state index contributed by atoms with van der Waals surface area (Å²) >= 11 is 5.83. The molecule has 1 aromatic rings. The minimum atomic E-state index is 0.0114. The summed E-state index contributed by atoms with van der Waals surface area (Å²) in [4.78, 5) is 13.8. The maximum Gasteiger partial charge on any atom is 0.270 e. The van der Waals surface area contributed by atoms with Crippen molar-refractivity contribution in [3.8, 4) is 0 Å². The molecule has 2 heterocycles. The Labute approximate surface area is 93.6 Å². The third kappa shape index (κ3) is 2.01. The van der Waals surface area contributed by atoms with Gasteiger partial charge in [0.2, 0.25) is 0 Å². The van der Waals surface area contributed by atoms with E-state index in [4.69, 9.17) is 17.3 Å². The van der Waals surface area contributed by atoms with Crippen LogP contribution in [0.5, 0.6) is 0 Å². The molecule has 2 N–H and O–H groups in total. The molecular formula is C10H14ClN3O. The molecular weight excluding hydrogens is 214 g/mol. The molecule has 2 rings (SSSR count). The highest BCUT2D eigenvalue weighted by Gasteiger charge is 2.26. The Balaban J connectivity index is 2.17. The van der Waals surface area contributed by atoms with Crippen molar-refractivity contribution >= 4 is 17.5 Å². The first kappa shape index (κ1) is 10.5. The standard InChI is InChI=1S/C10H14ClN3O/c1-13-5-7(11)4-9(13)10(15)14-3-2-8(12)6-14/h4-5,8H,2-3,6,12H2,1H3/t8-/m1/s1. The number of nitrogens with zero attached hydrogens (tertiary/aromatic N) is 2. The number of aromatic nitrogens is 1. The molecule has 15 heavy (non-hydrogen) atoms. The molecule has 0 unspecified atom stereocenters. The van der Waals surface area contributed by atoms with E-state index in [-0.39, 0.29) is 11.9 Å². The number of aryl methyl sites for hydroxylation is 1. The molecule has 1 saturated heterocycles. The van der Waals surface area contributed by atoms with Crippen molar-refractivity contribution in [2.45, 2.75) is 12.5 Å². The molecule has 4 nitrogen and oxygen atoms in total. The first-order valence-corrected chi connectivity index (χ1v) is 5.32. The fourth-order valence-electron chi connectivity index (χ4n) is 1.87. The van der Waals surface area contributed by atoms with Crippen molar-refractivity contribution in [1.29, 1.82) is 0 Å². The van der Waals surface area contributed by atoms with Gasteiger partial charge in [-0.25, -0.2) is 0 Å². The predicted molar refractivity (Wildman–Crippen MR) is 58.9 cm³/mol. The van der Waals surface area contributed by atoms with Crippen molar-refractivity contribution in [3.05, 3.63) is 23.0 Å². The zero-order valence-electron chi connectivity index (χ0n) is 8.61. The smallest absolute Gasteiger partial charge is 0.270 e. The third-order valence-corrected chi connectivity index (χ3v) is 2.91. The Morgan fingerprint density at radius 2 is 2.40 bits per heavy atom. The van der Waals surface area contributed by atoms with Gasteiger partial charge in [0.25, 0.3) is 5.91 Å². The molecule has 0 aliphatic carbocycles. The molecule has 1 aliphatic heterocycles. The minimum Gasteiger partial charge on any atom is -0.345 e. The highest BCUT2D eigenvalue weighted by atomic mass is 35.5. The highest BCUT2D eigenvalue weighted by molar-refractivity contribution is 6.31. The van der Waals surface area contributed by atoms with E-state index >= 15 is 0 Å². The summed E-state index contributed by atoms with van der Waals surface area (Å²) in [5, 5.41) is 0.587. The van der Waals surface area contributed by atoms with Crippen molar-refractivity contribution in [2.75, 3.05) is 13.1 Å². The summed E-state index contributed by atoms with van der Waals surface area (Å²) in [7, 11) is 1.81. The van der Waals surface area contributed by atoms with E-state index < -0.39 is 0 Å².